The maximum Gasteiger partial charge on any atom is 0.271 e. The topological polar surface area (TPSA) is 107 Å². The van der Waals surface area contributed by atoms with E-state index in [9.17, 15) is 23.1 Å². The second kappa shape index (κ2) is 8.73. The van der Waals surface area contributed by atoms with Crippen molar-refractivity contribution in [2.45, 2.75) is 36.8 Å². The summed E-state index contributed by atoms with van der Waals surface area (Å²) in [6.45, 7) is 2.64. The Bertz CT molecular complexity index is 1210. The maximum atomic E-state index is 12.9. The molecule has 1 atom stereocenters. The summed E-state index contributed by atoms with van der Waals surface area (Å²) in [5.41, 5.74) is -0.0741. The maximum absolute atomic E-state index is 12.9. The molecule has 2 heterocycles. The van der Waals surface area contributed by atoms with Gasteiger partial charge in [-0.1, -0.05) is 23.7 Å². The molecular weight excluding hydrogens is 454 g/mol. The second-order valence-corrected chi connectivity index (χ2v) is 10.2. The Morgan fingerprint density at radius 3 is 2.53 bits per heavy atom. The van der Waals surface area contributed by atoms with E-state index in [0.717, 1.165) is 5.39 Å². The number of hydrogen-bond donors (Lipinski definition) is 2. The Kier molecular flexibility index (Phi) is 6.15. The van der Waals surface area contributed by atoms with Gasteiger partial charge in [-0.05, 0) is 60.9 Å². The molecule has 2 N–H and O–H groups in total. The number of amides is 2. The number of carbonyl (C=O) groups is 2. The predicted octanol–water partition coefficient (Wildman–Crippen LogP) is 1.87. The number of nitrogens with one attached hydrogen (secondary N) is 1. The van der Waals surface area contributed by atoms with Crippen LogP contribution in [0.3, 0.4) is 0 Å². The number of carbonyl (C=O) groups excluding carboxylic acids is 2. The largest absolute Gasteiger partial charge is 0.393 e. The molecule has 2 aliphatic rings. The first-order chi connectivity index (χ1) is 15.2. The highest BCUT2D eigenvalue weighted by molar-refractivity contribution is 7.89. The highest BCUT2D eigenvalue weighted by Gasteiger charge is 2.36. The third kappa shape index (κ3) is 4.46. The Balaban J connectivity index is 1.45. The van der Waals surface area contributed by atoms with Crippen LogP contribution in [0.1, 0.15) is 19.8 Å². The van der Waals surface area contributed by atoms with Gasteiger partial charge in [0, 0.05) is 24.7 Å². The van der Waals surface area contributed by atoms with E-state index < -0.39 is 28.1 Å². The van der Waals surface area contributed by atoms with Crippen molar-refractivity contribution in [2.24, 2.45) is 0 Å². The van der Waals surface area contributed by atoms with Gasteiger partial charge in [-0.3, -0.25) is 14.3 Å². The average molecular weight is 478 g/mol. The highest BCUT2D eigenvalue weighted by Crippen LogP contribution is 2.24. The third-order valence-electron chi connectivity index (χ3n) is 5.91. The lowest BCUT2D eigenvalue weighted by Gasteiger charge is -2.34. The van der Waals surface area contributed by atoms with Gasteiger partial charge in [0.05, 0.1) is 11.0 Å². The Hall–Kier alpha value is -2.62. The number of halogens is 1. The number of aliphatic hydroxyl groups is 1. The zero-order valence-corrected chi connectivity index (χ0v) is 19.1. The van der Waals surface area contributed by atoms with E-state index in [1.54, 1.807) is 36.1 Å². The van der Waals surface area contributed by atoms with Gasteiger partial charge >= 0.3 is 0 Å². The predicted molar refractivity (Wildman–Crippen MR) is 120 cm³/mol. The summed E-state index contributed by atoms with van der Waals surface area (Å²) in [5, 5.41) is 11.7. The standard InChI is InChI=1S/C22H24ClN3O5S/c1-14(21(28)25-9-6-18(27)7-10-25)26-11-8-20(22(26)29)24-32(30,31)19-5-3-15-12-17(23)4-2-16(15)13-19/h2-5,8,12-14,18,24,27H,6-7,9-11H2,1H3/t14-/m0/s1. The van der Waals surface area contributed by atoms with Crippen LogP contribution >= 0.6 is 11.6 Å². The van der Waals surface area contributed by atoms with Gasteiger partial charge in [0.25, 0.3) is 15.9 Å². The second-order valence-electron chi connectivity index (χ2n) is 8.07. The summed E-state index contributed by atoms with van der Waals surface area (Å²) in [6, 6.07) is 9.04. The molecule has 2 amide bonds. The van der Waals surface area contributed by atoms with Crippen LogP contribution in [0.2, 0.25) is 5.02 Å². The van der Waals surface area contributed by atoms with E-state index in [0.29, 0.717) is 36.3 Å². The van der Waals surface area contributed by atoms with Crippen molar-refractivity contribution in [2.75, 3.05) is 19.6 Å². The summed E-state index contributed by atoms with van der Waals surface area (Å²) in [6.07, 6.45) is 2.09. The lowest BCUT2D eigenvalue weighted by atomic mass is 10.1. The SMILES string of the molecule is C[C@@H](C(=O)N1CCC(O)CC1)N1CC=C(NS(=O)(=O)c2ccc3cc(Cl)ccc3c2)C1=O. The molecule has 1 saturated heterocycles. The van der Waals surface area contributed by atoms with Gasteiger partial charge in [0.15, 0.2) is 0 Å². The first-order valence-electron chi connectivity index (χ1n) is 10.4. The molecule has 0 aliphatic carbocycles. The number of piperidine rings is 1. The van der Waals surface area contributed by atoms with Crippen LogP contribution in [0.25, 0.3) is 10.8 Å². The molecule has 0 unspecified atom stereocenters. The van der Waals surface area contributed by atoms with Gasteiger partial charge in [0.1, 0.15) is 11.7 Å². The van der Waals surface area contributed by atoms with Crippen molar-refractivity contribution in [1.29, 1.82) is 0 Å². The third-order valence-corrected chi connectivity index (χ3v) is 7.51. The van der Waals surface area contributed by atoms with Crippen LogP contribution in [-0.2, 0) is 19.6 Å². The fraction of sp³-hybridized carbons (Fsp3) is 0.364. The van der Waals surface area contributed by atoms with E-state index in [1.807, 2.05) is 0 Å². The van der Waals surface area contributed by atoms with Crippen molar-refractivity contribution in [3.8, 4) is 0 Å². The normalized spacial score (nSPS) is 18.7. The van der Waals surface area contributed by atoms with Crippen molar-refractivity contribution in [1.82, 2.24) is 14.5 Å². The molecule has 170 valence electrons. The van der Waals surface area contributed by atoms with Crippen molar-refractivity contribution in [3.63, 3.8) is 0 Å². The first kappa shape index (κ1) is 22.6. The van der Waals surface area contributed by atoms with Crippen LogP contribution in [0.15, 0.2) is 53.1 Å². The number of benzene rings is 2. The number of nitrogens with zero attached hydrogens (tertiary/aromatic N) is 2. The molecule has 0 saturated carbocycles. The molecule has 2 aliphatic heterocycles. The van der Waals surface area contributed by atoms with Gasteiger partial charge in [-0.15, -0.1) is 0 Å². The van der Waals surface area contributed by atoms with E-state index in [4.69, 9.17) is 11.6 Å². The quantitative estimate of drug-likeness (QED) is 0.683. The minimum Gasteiger partial charge on any atom is -0.393 e. The van der Waals surface area contributed by atoms with Gasteiger partial charge in [-0.2, -0.15) is 0 Å². The van der Waals surface area contributed by atoms with Crippen molar-refractivity contribution >= 4 is 44.2 Å². The van der Waals surface area contributed by atoms with E-state index in [1.165, 1.54) is 23.1 Å². The van der Waals surface area contributed by atoms with E-state index in [-0.39, 0.29) is 23.0 Å². The van der Waals surface area contributed by atoms with Crippen LogP contribution < -0.4 is 4.72 Å². The molecule has 4 rings (SSSR count). The summed E-state index contributed by atoms with van der Waals surface area (Å²) >= 11 is 5.98. The van der Waals surface area contributed by atoms with Gasteiger partial charge in [0.2, 0.25) is 5.91 Å². The van der Waals surface area contributed by atoms with Crippen LogP contribution in [0.5, 0.6) is 0 Å². The highest BCUT2D eigenvalue weighted by atomic mass is 35.5. The van der Waals surface area contributed by atoms with Crippen LogP contribution in [0, 0.1) is 0 Å². The minimum atomic E-state index is -4.00. The van der Waals surface area contributed by atoms with Gasteiger partial charge < -0.3 is 14.9 Å². The molecule has 0 radical (unpaired) electrons. The smallest absolute Gasteiger partial charge is 0.271 e. The van der Waals surface area contributed by atoms with Crippen LogP contribution in [-0.4, -0.2) is 66.9 Å². The molecule has 10 heteroatoms. The Morgan fingerprint density at radius 1 is 1.16 bits per heavy atom. The van der Waals surface area contributed by atoms with E-state index in [2.05, 4.69) is 4.72 Å². The monoisotopic (exact) mass is 477 g/mol. The van der Waals surface area contributed by atoms with Crippen molar-refractivity contribution in [3.05, 3.63) is 53.2 Å². The van der Waals surface area contributed by atoms with Crippen molar-refractivity contribution < 1.29 is 23.1 Å². The summed E-state index contributed by atoms with van der Waals surface area (Å²) in [7, 11) is -4.00. The zero-order chi connectivity index (χ0) is 23.0. The lowest BCUT2D eigenvalue weighted by molar-refractivity contribution is -0.143. The molecule has 0 bridgehead atoms. The lowest BCUT2D eigenvalue weighted by Crippen LogP contribution is -2.51. The Labute approximate surface area is 191 Å². The fourth-order valence-corrected chi connectivity index (χ4v) is 5.27. The molecule has 0 spiro atoms. The molecule has 2 aromatic rings. The Morgan fingerprint density at radius 2 is 1.81 bits per heavy atom. The number of hydrogen-bond acceptors (Lipinski definition) is 5. The van der Waals surface area contributed by atoms with E-state index >= 15 is 0 Å². The number of fused-ring (bicyclic) bond motifs is 1. The van der Waals surface area contributed by atoms with Gasteiger partial charge in [-0.25, -0.2) is 8.42 Å². The molecule has 8 nitrogen and oxygen atoms in total. The minimum absolute atomic E-state index is 0.0236. The molecule has 1 fully saturated rings. The number of sulfonamides is 1. The first-order valence-corrected chi connectivity index (χ1v) is 12.2. The van der Waals surface area contributed by atoms with Crippen LogP contribution in [0.4, 0.5) is 0 Å². The summed E-state index contributed by atoms with van der Waals surface area (Å²) in [5.74, 6) is -0.755. The number of likely N-dealkylation sites (tertiary alicyclic amines) is 1. The average Bonchev–Trinajstić information content (AvgIpc) is 3.12. The number of rotatable bonds is 5. The molecular formula is C22H24ClN3O5S. The molecule has 0 aromatic heterocycles. The summed E-state index contributed by atoms with van der Waals surface area (Å²) < 4.78 is 28.1. The molecule has 2 aromatic carbocycles. The molecule has 32 heavy (non-hydrogen) atoms. The number of aliphatic hydroxyl groups excluding tert-OH is 1. The zero-order valence-electron chi connectivity index (χ0n) is 17.5. The fourth-order valence-electron chi connectivity index (χ4n) is 3.98. The summed E-state index contributed by atoms with van der Waals surface area (Å²) in [4.78, 5) is 28.6.